The Labute approximate surface area is 275 Å². The van der Waals surface area contributed by atoms with E-state index in [1.165, 1.54) is 0 Å². The first-order chi connectivity index (χ1) is 21.8. The van der Waals surface area contributed by atoms with E-state index < -0.39 is 5.92 Å². The number of urea groups is 1. The molecule has 12 heteroatoms. The summed E-state index contributed by atoms with van der Waals surface area (Å²) in [6.45, 7) is 9.39. The summed E-state index contributed by atoms with van der Waals surface area (Å²) in [7, 11) is 0. The average Bonchev–Trinajstić information content (AvgIpc) is 3.53. The van der Waals surface area contributed by atoms with Gasteiger partial charge in [0, 0.05) is 76.4 Å². The van der Waals surface area contributed by atoms with Crippen LogP contribution in [-0.2, 0) is 29.0 Å². The number of hydrogen-bond donors (Lipinski definition) is 3. The summed E-state index contributed by atoms with van der Waals surface area (Å²) >= 11 is 8.05. The second kappa shape index (κ2) is 14.3. The number of nitrogens with one attached hydrogen (secondary N) is 2. The predicted molar refractivity (Wildman–Crippen MR) is 180 cm³/mol. The number of carbonyl (C=O) groups excluding carboxylic acids is 3. The van der Waals surface area contributed by atoms with Crippen molar-refractivity contribution in [1.29, 1.82) is 0 Å². The zero-order valence-electron chi connectivity index (χ0n) is 26.2. The Balaban J connectivity index is 1.10. The Kier molecular flexibility index (Phi) is 10.2. The van der Waals surface area contributed by atoms with E-state index in [1.54, 1.807) is 11.3 Å². The van der Waals surface area contributed by atoms with Crippen molar-refractivity contribution < 1.29 is 14.4 Å². The van der Waals surface area contributed by atoms with Crippen LogP contribution in [0.4, 0.5) is 15.5 Å². The number of nitrogens with zero attached hydrogens (tertiary/aromatic N) is 4. The van der Waals surface area contributed by atoms with Crippen LogP contribution in [0.15, 0.2) is 23.6 Å². The van der Waals surface area contributed by atoms with Gasteiger partial charge in [0.05, 0.1) is 23.2 Å². The Morgan fingerprint density at radius 1 is 1.02 bits per heavy atom. The molecule has 4 aliphatic heterocycles. The molecule has 4 N–H and O–H groups in total. The largest absolute Gasteiger partial charge is 0.397 e. The molecule has 0 saturated carbocycles. The number of piperazine rings is 1. The number of fused-ring (bicyclic) bond motifs is 1. The molecule has 10 nitrogen and oxygen atoms in total. The van der Waals surface area contributed by atoms with Crippen LogP contribution < -0.4 is 16.4 Å². The van der Waals surface area contributed by atoms with Crippen molar-refractivity contribution in [3.05, 3.63) is 45.3 Å². The van der Waals surface area contributed by atoms with Gasteiger partial charge in [0.2, 0.25) is 11.8 Å². The highest BCUT2D eigenvalue weighted by Crippen LogP contribution is 2.33. The number of nitrogens with two attached hydrogens (primary N) is 1. The SMILES string of the molecule is CCc1cc(C[C@@H](CC(=O)N2CCC(N3Cc4ccsc4NC3=O)CC2)C(=O)N2CCC(N3CCNCC3)CC2)cc(Cl)c1N. The lowest BCUT2D eigenvalue weighted by Gasteiger charge is -2.41. The van der Waals surface area contributed by atoms with Gasteiger partial charge in [-0.15, -0.1) is 11.3 Å². The average molecular weight is 656 g/mol. The molecule has 0 aliphatic carbocycles. The van der Waals surface area contributed by atoms with Crippen LogP contribution in [0.25, 0.3) is 0 Å². The van der Waals surface area contributed by atoms with Gasteiger partial charge in [0.1, 0.15) is 5.00 Å². The fourth-order valence-electron chi connectivity index (χ4n) is 7.49. The normalized spacial score (nSPS) is 21.0. The van der Waals surface area contributed by atoms with E-state index in [-0.39, 0.29) is 30.3 Å². The topological polar surface area (TPSA) is 114 Å². The molecule has 3 fully saturated rings. The van der Waals surface area contributed by atoms with Gasteiger partial charge in [-0.25, -0.2) is 4.79 Å². The number of amides is 4. The maximum absolute atomic E-state index is 14.1. The monoisotopic (exact) mass is 655 g/mol. The number of nitrogen functional groups attached to an aromatic ring is 1. The van der Waals surface area contributed by atoms with Gasteiger partial charge in [-0.1, -0.05) is 24.6 Å². The van der Waals surface area contributed by atoms with Crippen molar-refractivity contribution in [3.8, 4) is 0 Å². The van der Waals surface area contributed by atoms with Crippen molar-refractivity contribution in [2.75, 3.05) is 63.4 Å². The van der Waals surface area contributed by atoms with E-state index in [0.29, 0.717) is 42.8 Å². The number of likely N-dealkylation sites (tertiary alicyclic amines) is 2. The summed E-state index contributed by atoms with van der Waals surface area (Å²) in [5.41, 5.74) is 9.84. The molecule has 4 aliphatic rings. The molecule has 0 spiro atoms. The van der Waals surface area contributed by atoms with Crippen molar-refractivity contribution in [2.45, 2.75) is 70.5 Å². The number of halogens is 1. The van der Waals surface area contributed by atoms with E-state index in [0.717, 1.165) is 93.1 Å². The van der Waals surface area contributed by atoms with Crippen LogP contribution in [0.1, 0.15) is 55.7 Å². The molecule has 244 valence electrons. The molecule has 45 heavy (non-hydrogen) atoms. The molecule has 3 saturated heterocycles. The maximum atomic E-state index is 14.1. The number of aryl methyl sites for hydroxylation is 1. The zero-order valence-corrected chi connectivity index (χ0v) is 27.8. The molecule has 6 rings (SSSR count). The van der Waals surface area contributed by atoms with Gasteiger partial charge in [-0.2, -0.15) is 0 Å². The van der Waals surface area contributed by atoms with Gasteiger partial charge in [-0.05, 0) is 67.2 Å². The fraction of sp³-hybridized carbons (Fsp3) is 0.606. The number of piperidine rings is 2. The lowest BCUT2D eigenvalue weighted by atomic mass is 9.91. The third kappa shape index (κ3) is 7.26. The van der Waals surface area contributed by atoms with E-state index in [9.17, 15) is 14.4 Å². The smallest absolute Gasteiger partial charge is 0.323 e. The molecule has 1 atom stereocenters. The highest BCUT2D eigenvalue weighted by atomic mass is 35.5. The van der Waals surface area contributed by atoms with Crippen LogP contribution in [0, 0.1) is 5.92 Å². The Hall–Kier alpha value is -2.86. The first-order valence-electron chi connectivity index (χ1n) is 16.5. The minimum Gasteiger partial charge on any atom is -0.397 e. The molecule has 0 bridgehead atoms. The Bertz CT molecular complexity index is 1380. The fourth-order valence-corrected chi connectivity index (χ4v) is 8.55. The van der Waals surface area contributed by atoms with E-state index in [2.05, 4.69) is 21.6 Å². The Morgan fingerprint density at radius 2 is 1.71 bits per heavy atom. The lowest BCUT2D eigenvalue weighted by molar-refractivity contribution is -0.143. The molecule has 0 unspecified atom stereocenters. The quantitative estimate of drug-likeness (QED) is 0.370. The van der Waals surface area contributed by atoms with Crippen LogP contribution in [-0.4, -0.2) is 102 Å². The van der Waals surface area contributed by atoms with Crippen LogP contribution in [0.2, 0.25) is 5.02 Å². The van der Waals surface area contributed by atoms with Crippen molar-refractivity contribution in [3.63, 3.8) is 0 Å². The van der Waals surface area contributed by atoms with Crippen LogP contribution >= 0.6 is 22.9 Å². The third-order valence-electron chi connectivity index (χ3n) is 10.2. The van der Waals surface area contributed by atoms with Gasteiger partial charge in [0.25, 0.3) is 0 Å². The van der Waals surface area contributed by atoms with E-state index in [4.69, 9.17) is 17.3 Å². The molecular formula is C33H46ClN7O3S. The molecule has 2 aromatic rings. The molecule has 1 aromatic heterocycles. The molecule has 5 heterocycles. The van der Waals surface area contributed by atoms with Crippen molar-refractivity contribution in [2.24, 2.45) is 5.92 Å². The second-order valence-corrected chi connectivity index (χ2v) is 14.2. The summed E-state index contributed by atoms with van der Waals surface area (Å²) in [6.07, 6.45) is 4.73. The number of rotatable bonds is 8. The van der Waals surface area contributed by atoms with Gasteiger partial charge in [-0.3, -0.25) is 19.8 Å². The first kappa shape index (κ1) is 32.1. The second-order valence-electron chi connectivity index (χ2n) is 12.9. The summed E-state index contributed by atoms with van der Waals surface area (Å²) in [5.74, 6) is -0.414. The lowest BCUT2D eigenvalue weighted by Crippen LogP contribution is -2.53. The van der Waals surface area contributed by atoms with Crippen molar-refractivity contribution >= 4 is 51.5 Å². The number of carbonyl (C=O) groups is 3. The van der Waals surface area contributed by atoms with Crippen LogP contribution in [0.5, 0.6) is 0 Å². The minimum atomic E-state index is -0.472. The van der Waals surface area contributed by atoms with Crippen LogP contribution in [0.3, 0.4) is 0 Å². The third-order valence-corrected chi connectivity index (χ3v) is 11.4. The zero-order chi connectivity index (χ0) is 31.5. The summed E-state index contributed by atoms with van der Waals surface area (Å²) in [6, 6.07) is 6.49. The van der Waals surface area contributed by atoms with Gasteiger partial charge in [0.15, 0.2) is 0 Å². The summed E-state index contributed by atoms with van der Waals surface area (Å²) < 4.78 is 0. The predicted octanol–water partition coefficient (Wildman–Crippen LogP) is 4.03. The van der Waals surface area contributed by atoms with E-state index >= 15 is 0 Å². The number of hydrogen-bond acceptors (Lipinski definition) is 7. The standard InChI is InChI=1S/C33H46ClN7O3S/c1-2-23-17-22(19-28(34)30(23)35)18-25(32(43)40-12-3-26(4-13-40)38-14-8-36-9-15-38)20-29(42)39-10-5-27(6-11-39)41-21-24-7-16-45-31(24)37-33(41)44/h7,16-17,19,25-27,36H,2-6,8-15,18,20-21,35H2,1H3,(H,37,44)/t25-/m0/s1. The highest BCUT2D eigenvalue weighted by molar-refractivity contribution is 7.14. The first-order valence-corrected chi connectivity index (χ1v) is 17.8. The van der Waals surface area contributed by atoms with E-state index in [1.807, 2.05) is 39.1 Å². The van der Waals surface area contributed by atoms with Gasteiger partial charge >= 0.3 is 6.03 Å². The van der Waals surface area contributed by atoms with Gasteiger partial charge < -0.3 is 25.8 Å². The summed E-state index contributed by atoms with van der Waals surface area (Å²) in [5, 5.41) is 9.87. The highest BCUT2D eigenvalue weighted by Gasteiger charge is 2.36. The molecule has 0 radical (unpaired) electrons. The number of anilines is 2. The maximum Gasteiger partial charge on any atom is 0.323 e. The van der Waals surface area contributed by atoms with Crippen molar-refractivity contribution in [1.82, 2.24) is 24.9 Å². The molecular weight excluding hydrogens is 610 g/mol. The number of thiophene rings is 1. The number of benzene rings is 1. The molecule has 1 aromatic carbocycles. The Morgan fingerprint density at radius 3 is 2.42 bits per heavy atom. The minimum absolute atomic E-state index is 0.00276. The summed E-state index contributed by atoms with van der Waals surface area (Å²) in [4.78, 5) is 49.0. The molecule has 4 amide bonds.